The molecule has 1 aromatic heterocycles. The molecule has 1 unspecified atom stereocenters. The van der Waals surface area contributed by atoms with Crippen molar-refractivity contribution in [2.75, 3.05) is 42.6 Å². The van der Waals surface area contributed by atoms with Crippen molar-refractivity contribution in [2.45, 2.75) is 45.1 Å². The van der Waals surface area contributed by atoms with Crippen molar-refractivity contribution in [1.29, 1.82) is 0 Å². The molecule has 2 saturated heterocycles. The van der Waals surface area contributed by atoms with Gasteiger partial charge < -0.3 is 19.3 Å². The van der Waals surface area contributed by atoms with Crippen molar-refractivity contribution in [1.82, 2.24) is 9.97 Å². The van der Waals surface area contributed by atoms with E-state index < -0.39 is 0 Å². The van der Waals surface area contributed by atoms with E-state index in [0.717, 1.165) is 62.2 Å². The van der Waals surface area contributed by atoms with Crippen LogP contribution < -0.4 is 19.3 Å². The normalized spacial score (nSPS) is 20.1. The van der Waals surface area contributed by atoms with Crippen LogP contribution in [-0.2, 0) is 0 Å². The molecule has 150 valence electrons. The number of hydrogen-bond acceptors (Lipinski definition) is 6. The highest BCUT2D eigenvalue weighted by atomic mass is 16.5. The zero-order chi connectivity index (χ0) is 19.2. The van der Waals surface area contributed by atoms with E-state index in [1.54, 1.807) is 0 Å². The van der Waals surface area contributed by atoms with Crippen molar-refractivity contribution in [3.05, 3.63) is 36.7 Å². The van der Waals surface area contributed by atoms with E-state index in [-0.39, 0.29) is 6.10 Å². The monoisotopic (exact) mass is 382 g/mol. The molecule has 4 rings (SSSR count). The van der Waals surface area contributed by atoms with Gasteiger partial charge in [-0.15, -0.1) is 0 Å². The molecule has 2 aromatic rings. The fourth-order valence-corrected chi connectivity index (χ4v) is 4.02. The van der Waals surface area contributed by atoms with Crippen molar-refractivity contribution in [2.24, 2.45) is 0 Å². The predicted molar refractivity (Wildman–Crippen MR) is 112 cm³/mol. The van der Waals surface area contributed by atoms with Gasteiger partial charge in [0.15, 0.2) is 11.5 Å². The lowest BCUT2D eigenvalue weighted by molar-refractivity contribution is 0.170. The van der Waals surface area contributed by atoms with E-state index in [1.807, 2.05) is 43.6 Å². The Balaban J connectivity index is 1.44. The van der Waals surface area contributed by atoms with Crippen LogP contribution in [0.3, 0.4) is 0 Å². The van der Waals surface area contributed by atoms with Crippen LogP contribution >= 0.6 is 0 Å². The molecule has 6 nitrogen and oxygen atoms in total. The molecule has 28 heavy (non-hydrogen) atoms. The molecule has 6 heteroatoms. The first-order valence-corrected chi connectivity index (χ1v) is 10.5. The largest absolute Gasteiger partial charge is 0.490 e. The van der Waals surface area contributed by atoms with Gasteiger partial charge in [-0.05, 0) is 51.2 Å². The van der Waals surface area contributed by atoms with Crippen LogP contribution in [0.1, 0.15) is 39.0 Å². The summed E-state index contributed by atoms with van der Waals surface area (Å²) in [4.78, 5) is 14.1. The summed E-state index contributed by atoms with van der Waals surface area (Å²) < 4.78 is 12.0. The molecule has 0 saturated carbocycles. The van der Waals surface area contributed by atoms with Crippen molar-refractivity contribution in [3.63, 3.8) is 0 Å². The Bertz CT molecular complexity index is 764. The van der Waals surface area contributed by atoms with Crippen LogP contribution in [0.25, 0.3) is 0 Å². The Hall–Kier alpha value is -2.50. The molecule has 0 bridgehead atoms. The van der Waals surface area contributed by atoms with Gasteiger partial charge in [0.25, 0.3) is 0 Å². The predicted octanol–water partition coefficient (Wildman–Crippen LogP) is 3.91. The van der Waals surface area contributed by atoms with Gasteiger partial charge in [0.05, 0.1) is 25.5 Å². The fraction of sp³-hybridized carbons (Fsp3) is 0.545. The molecule has 3 heterocycles. The number of piperidine rings is 2. The molecule has 0 aliphatic carbocycles. The topological polar surface area (TPSA) is 50.7 Å². The third-order valence-corrected chi connectivity index (χ3v) is 5.43. The van der Waals surface area contributed by atoms with E-state index >= 15 is 0 Å². The maximum absolute atomic E-state index is 6.31. The van der Waals surface area contributed by atoms with E-state index in [1.165, 1.54) is 19.3 Å². The minimum Gasteiger partial charge on any atom is -0.490 e. The van der Waals surface area contributed by atoms with Gasteiger partial charge in [0.2, 0.25) is 0 Å². The van der Waals surface area contributed by atoms with Gasteiger partial charge in [-0.1, -0.05) is 12.1 Å². The first-order chi connectivity index (χ1) is 13.8. The third kappa shape index (κ3) is 4.49. The number of hydrogen-bond donors (Lipinski definition) is 0. The number of ether oxygens (including phenoxy) is 2. The smallest absolute Gasteiger partial charge is 0.161 e. The van der Waals surface area contributed by atoms with Crippen LogP contribution in [0.5, 0.6) is 11.5 Å². The Morgan fingerprint density at radius 2 is 1.64 bits per heavy atom. The standard InChI is InChI=1S/C22H30N4O2/c1-2-27-19-10-4-5-11-20(19)28-18-9-8-14-26(17-18)22-16-23-15-21(24-22)25-12-6-3-7-13-25/h4-5,10-11,15-16,18H,2-3,6-9,12-14,17H2,1H3. The van der Waals surface area contributed by atoms with E-state index in [4.69, 9.17) is 14.5 Å². The molecule has 1 aromatic carbocycles. The lowest BCUT2D eigenvalue weighted by Gasteiger charge is -2.34. The number of rotatable bonds is 6. The third-order valence-electron chi connectivity index (χ3n) is 5.43. The summed E-state index contributed by atoms with van der Waals surface area (Å²) in [7, 11) is 0. The number of anilines is 2. The first-order valence-electron chi connectivity index (χ1n) is 10.5. The highest BCUT2D eigenvalue weighted by molar-refractivity contribution is 5.46. The highest BCUT2D eigenvalue weighted by Gasteiger charge is 2.24. The van der Waals surface area contributed by atoms with E-state index in [9.17, 15) is 0 Å². The molecular formula is C22H30N4O2. The summed E-state index contributed by atoms with van der Waals surface area (Å²) in [6.45, 7) is 6.60. The molecule has 0 amide bonds. The average molecular weight is 383 g/mol. The van der Waals surface area contributed by atoms with Crippen LogP contribution in [0, 0.1) is 0 Å². The van der Waals surface area contributed by atoms with Crippen molar-refractivity contribution in [3.8, 4) is 11.5 Å². The molecule has 0 spiro atoms. The summed E-state index contributed by atoms with van der Waals surface area (Å²) >= 11 is 0. The summed E-state index contributed by atoms with van der Waals surface area (Å²) in [5.41, 5.74) is 0. The average Bonchev–Trinajstić information content (AvgIpc) is 2.76. The minimum atomic E-state index is 0.121. The molecule has 2 aliphatic heterocycles. The Morgan fingerprint density at radius 3 is 2.43 bits per heavy atom. The van der Waals surface area contributed by atoms with Gasteiger partial charge >= 0.3 is 0 Å². The number of aromatic nitrogens is 2. The van der Waals surface area contributed by atoms with Crippen LogP contribution in [-0.4, -0.2) is 48.9 Å². The highest BCUT2D eigenvalue weighted by Crippen LogP contribution is 2.30. The number of nitrogens with zero attached hydrogens (tertiary/aromatic N) is 4. The second-order valence-corrected chi connectivity index (χ2v) is 7.49. The van der Waals surface area contributed by atoms with E-state index in [2.05, 4.69) is 14.8 Å². The number of para-hydroxylation sites is 2. The second kappa shape index (κ2) is 9.13. The first kappa shape index (κ1) is 18.8. The lowest BCUT2D eigenvalue weighted by Crippen LogP contribution is -2.42. The second-order valence-electron chi connectivity index (χ2n) is 7.49. The lowest BCUT2D eigenvalue weighted by atomic mass is 10.1. The molecule has 1 atom stereocenters. The Morgan fingerprint density at radius 1 is 0.929 bits per heavy atom. The van der Waals surface area contributed by atoms with E-state index in [0.29, 0.717) is 6.61 Å². The fourth-order valence-electron chi connectivity index (χ4n) is 4.02. The zero-order valence-electron chi connectivity index (χ0n) is 16.7. The zero-order valence-corrected chi connectivity index (χ0v) is 16.7. The maximum Gasteiger partial charge on any atom is 0.161 e. The number of benzene rings is 1. The summed E-state index contributed by atoms with van der Waals surface area (Å²) in [5.74, 6) is 3.59. The van der Waals surface area contributed by atoms with Crippen molar-refractivity contribution >= 4 is 11.6 Å². The van der Waals surface area contributed by atoms with Crippen molar-refractivity contribution < 1.29 is 9.47 Å². The molecular weight excluding hydrogens is 352 g/mol. The van der Waals surface area contributed by atoms with Gasteiger partial charge in [-0.2, -0.15) is 0 Å². The molecule has 0 radical (unpaired) electrons. The van der Waals surface area contributed by atoms with Gasteiger partial charge in [-0.25, -0.2) is 4.98 Å². The summed E-state index contributed by atoms with van der Waals surface area (Å²) in [6.07, 6.45) is 9.81. The molecule has 0 N–H and O–H groups in total. The Kier molecular flexibility index (Phi) is 6.14. The van der Waals surface area contributed by atoms with Crippen LogP contribution in [0.2, 0.25) is 0 Å². The van der Waals surface area contributed by atoms with Gasteiger partial charge in [0, 0.05) is 19.6 Å². The van der Waals surface area contributed by atoms with Crippen LogP contribution in [0.4, 0.5) is 11.6 Å². The van der Waals surface area contributed by atoms with Crippen LogP contribution in [0.15, 0.2) is 36.7 Å². The summed E-state index contributed by atoms with van der Waals surface area (Å²) in [6, 6.07) is 7.92. The summed E-state index contributed by atoms with van der Waals surface area (Å²) in [5, 5.41) is 0. The maximum atomic E-state index is 6.31. The van der Waals surface area contributed by atoms with Gasteiger partial charge in [0.1, 0.15) is 17.7 Å². The van der Waals surface area contributed by atoms with Gasteiger partial charge in [-0.3, -0.25) is 4.98 Å². The minimum absolute atomic E-state index is 0.121. The Labute approximate surface area is 167 Å². The molecule has 2 aliphatic rings. The molecule has 2 fully saturated rings. The SMILES string of the molecule is CCOc1ccccc1OC1CCCN(c2cncc(N3CCCCC3)n2)C1. The quantitative estimate of drug-likeness (QED) is 0.755.